The van der Waals surface area contributed by atoms with Crippen LogP contribution in [0.5, 0.6) is 0 Å². The number of nitrogen functional groups attached to an aromatic ring is 1. The zero-order valence-electron chi connectivity index (χ0n) is 15.9. The highest BCUT2D eigenvalue weighted by molar-refractivity contribution is 7.13. The van der Waals surface area contributed by atoms with E-state index in [4.69, 9.17) is 11.5 Å². The van der Waals surface area contributed by atoms with Crippen molar-refractivity contribution in [3.8, 4) is 0 Å². The van der Waals surface area contributed by atoms with Crippen molar-refractivity contribution in [2.45, 2.75) is 25.7 Å². The van der Waals surface area contributed by atoms with E-state index in [1.165, 1.54) is 11.3 Å². The lowest BCUT2D eigenvalue weighted by Gasteiger charge is -2.15. The van der Waals surface area contributed by atoms with Crippen LogP contribution in [0.3, 0.4) is 0 Å². The highest BCUT2D eigenvalue weighted by Gasteiger charge is 2.25. The van der Waals surface area contributed by atoms with Gasteiger partial charge in [-0.05, 0) is 49.3 Å². The largest absolute Gasteiger partial charge is 0.375 e. The van der Waals surface area contributed by atoms with Crippen LogP contribution in [0, 0.1) is 5.92 Å². The Morgan fingerprint density at radius 2 is 2.21 bits per heavy atom. The number of aromatic nitrogens is 1. The quantitative estimate of drug-likeness (QED) is 0.579. The second-order valence-corrected chi connectivity index (χ2v) is 8.03. The number of hydrogen-bond acceptors (Lipinski definition) is 6. The molecule has 2 heterocycles. The first-order valence-corrected chi connectivity index (χ1v) is 10.5. The smallest absolute Gasteiger partial charge is 0.251 e. The molecule has 2 aromatic rings. The van der Waals surface area contributed by atoms with Gasteiger partial charge in [-0.25, -0.2) is 4.98 Å². The molecule has 28 heavy (non-hydrogen) atoms. The third-order valence-electron chi connectivity index (χ3n) is 4.99. The van der Waals surface area contributed by atoms with E-state index in [0.29, 0.717) is 23.2 Å². The van der Waals surface area contributed by atoms with Crippen LogP contribution in [-0.2, 0) is 17.6 Å². The Morgan fingerprint density at radius 1 is 1.36 bits per heavy atom. The van der Waals surface area contributed by atoms with Gasteiger partial charge < -0.3 is 21.7 Å². The summed E-state index contributed by atoms with van der Waals surface area (Å²) in [5, 5.41) is 5.49. The second-order valence-electron chi connectivity index (χ2n) is 7.14. The average Bonchev–Trinajstić information content (AvgIpc) is 3.33. The molecular formula is C20H27N5O2S. The molecule has 5 N–H and O–H groups in total. The molecule has 1 atom stereocenters. The van der Waals surface area contributed by atoms with E-state index >= 15 is 0 Å². The molecule has 7 nitrogen and oxygen atoms in total. The van der Waals surface area contributed by atoms with E-state index in [1.54, 1.807) is 0 Å². The van der Waals surface area contributed by atoms with Gasteiger partial charge in [0.05, 0.1) is 12.2 Å². The highest BCUT2D eigenvalue weighted by Crippen LogP contribution is 2.21. The summed E-state index contributed by atoms with van der Waals surface area (Å²) in [6.45, 7) is 2.18. The van der Waals surface area contributed by atoms with Crippen molar-refractivity contribution in [1.29, 1.82) is 0 Å². The Bertz CT molecular complexity index is 822. The minimum Gasteiger partial charge on any atom is -0.375 e. The molecule has 0 bridgehead atoms. The van der Waals surface area contributed by atoms with Crippen molar-refractivity contribution in [3.05, 3.63) is 46.5 Å². The van der Waals surface area contributed by atoms with Crippen LogP contribution in [0.15, 0.2) is 29.6 Å². The summed E-state index contributed by atoms with van der Waals surface area (Å²) in [7, 11) is 0. The molecule has 1 aromatic carbocycles. The summed E-state index contributed by atoms with van der Waals surface area (Å²) >= 11 is 1.43. The summed E-state index contributed by atoms with van der Waals surface area (Å²) in [5.74, 6) is 0.362. The Hall–Kier alpha value is -2.45. The van der Waals surface area contributed by atoms with Crippen LogP contribution in [0.1, 0.15) is 34.5 Å². The lowest BCUT2D eigenvalue weighted by atomic mass is 9.97. The van der Waals surface area contributed by atoms with Gasteiger partial charge in [0.2, 0.25) is 5.91 Å². The van der Waals surface area contributed by atoms with E-state index in [-0.39, 0.29) is 18.4 Å². The van der Waals surface area contributed by atoms with Gasteiger partial charge in [0.25, 0.3) is 5.91 Å². The van der Waals surface area contributed by atoms with Gasteiger partial charge in [0.15, 0.2) is 5.13 Å². The summed E-state index contributed by atoms with van der Waals surface area (Å²) in [4.78, 5) is 30.2. The number of carbonyl (C=O) groups is 2. The Kier molecular flexibility index (Phi) is 7.00. The number of thiazole rings is 1. The Balaban J connectivity index is 1.46. The molecule has 1 aromatic heterocycles. The maximum Gasteiger partial charge on any atom is 0.251 e. The molecule has 1 aliphatic rings. The van der Waals surface area contributed by atoms with Gasteiger partial charge in [-0.15, -0.1) is 11.3 Å². The average molecular weight is 402 g/mol. The van der Waals surface area contributed by atoms with E-state index in [0.717, 1.165) is 50.0 Å². The number of nitrogens with zero attached hydrogens (tertiary/aromatic N) is 2. The van der Waals surface area contributed by atoms with Crippen LogP contribution in [0.4, 0.5) is 5.13 Å². The van der Waals surface area contributed by atoms with Crippen LogP contribution >= 0.6 is 11.3 Å². The van der Waals surface area contributed by atoms with Gasteiger partial charge >= 0.3 is 0 Å². The first-order valence-electron chi connectivity index (χ1n) is 9.60. The minimum absolute atomic E-state index is 0.0102. The van der Waals surface area contributed by atoms with Crippen molar-refractivity contribution >= 4 is 28.3 Å². The molecule has 3 rings (SSSR count). The van der Waals surface area contributed by atoms with Gasteiger partial charge in [-0.2, -0.15) is 0 Å². The number of nitrogens with two attached hydrogens (primary N) is 2. The third kappa shape index (κ3) is 5.53. The summed E-state index contributed by atoms with van der Waals surface area (Å²) in [6, 6.07) is 7.74. The monoisotopic (exact) mass is 401 g/mol. The lowest BCUT2D eigenvalue weighted by molar-refractivity contribution is -0.128. The van der Waals surface area contributed by atoms with E-state index in [1.807, 2.05) is 34.5 Å². The molecule has 0 radical (unpaired) electrons. The van der Waals surface area contributed by atoms with Crippen LogP contribution in [0.25, 0.3) is 0 Å². The standard InChI is InChI=1S/C20H27N5O2S/c21-11-18(26)25-8-6-15(12-25)9-14-3-1-4-16(10-14)19(27)23-7-2-5-17-13-28-20(22)24-17/h1,3-4,10,13,15H,2,5-9,11-12,21H2,(H2,22,24)(H,23,27). The molecular weight excluding hydrogens is 374 g/mol. The van der Waals surface area contributed by atoms with Crippen LogP contribution in [-0.4, -0.2) is 47.9 Å². The number of carbonyl (C=O) groups excluding carboxylic acids is 2. The number of likely N-dealkylation sites (tertiary alicyclic amines) is 1. The molecule has 0 spiro atoms. The normalized spacial score (nSPS) is 16.3. The minimum atomic E-state index is -0.0639. The van der Waals surface area contributed by atoms with E-state index in [9.17, 15) is 9.59 Å². The number of hydrogen-bond donors (Lipinski definition) is 3. The number of nitrogens with one attached hydrogen (secondary N) is 1. The fourth-order valence-corrected chi connectivity index (χ4v) is 4.14. The van der Waals surface area contributed by atoms with Crippen LogP contribution in [0.2, 0.25) is 0 Å². The fraction of sp³-hybridized carbons (Fsp3) is 0.450. The predicted octanol–water partition coefficient (Wildman–Crippen LogP) is 1.44. The summed E-state index contributed by atoms with van der Waals surface area (Å²) in [5.41, 5.74) is 13.8. The molecule has 1 fully saturated rings. The van der Waals surface area contributed by atoms with Gasteiger partial charge in [-0.3, -0.25) is 9.59 Å². The third-order valence-corrected chi connectivity index (χ3v) is 5.71. The molecule has 1 unspecified atom stereocenters. The van der Waals surface area contributed by atoms with Crippen molar-refractivity contribution in [1.82, 2.24) is 15.2 Å². The molecule has 8 heteroatoms. The zero-order chi connectivity index (χ0) is 19.9. The maximum atomic E-state index is 12.4. The predicted molar refractivity (Wildman–Crippen MR) is 111 cm³/mol. The van der Waals surface area contributed by atoms with Crippen molar-refractivity contribution < 1.29 is 9.59 Å². The molecule has 0 saturated carbocycles. The van der Waals surface area contributed by atoms with Gasteiger partial charge in [0.1, 0.15) is 0 Å². The molecule has 0 aliphatic carbocycles. The van der Waals surface area contributed by atoms with Crippen molar-refractivity contribution in [2.75, 3.05) is 31.9 Å². The molecule has 150 valence electrons. The zero-order valence-corrected chi connectivity index (χ0v) is 16.7. The number of aryl methyl sites for hydroxylation is 1. The lowest BCUT2D eigenvalue weighted by Crippen LogP contribution is -2.34. The number of rotatable bonds is 8. The topological polar surface area (TPSA) is 114 Å². The van der Waals surface area contributed by atoms with Gasteiger partial charge in [0, 0.05) is 30.6 Å². The summed E-state index contributed by atoms with van der Waals surface area (Å²) < 4.78 is 0. The Labute approximate surface area is 169 Å². The molecule has 1 aliphatic heterocycles. The van der Waals surface area contributed by atoms with E-state index < -0.39 is 0 Å². The highest BCUT2D eigenvalue weighted by atomic mass is 32.1. The molecule has 2 amide bonds. The summed E-state index contributed by atoms with van der Waals surface area (Å²) in [6.07, 6.45) is 3.46. The number of anilines is 1. The second kappa shape index (κ2) is 9.66. The van der Waals surface area contributed by atoms with Crippen molar-refractivity contribution in [3.63, 3.8) is 0 Å². The van der Waals surface area contributed by atoms with Crippen LogP contribution < -0.4 is 16.8 Å². The SMILES string of the molecule is NCC(=O)N1CCC(Cc2cccc(C(=O)NCCCc3csc(N)n3)c2)C1. The maximum absolute atomic E-state index is 12.4. The fourth-order valence-electron chi connectivity index (χ4n) is 3.54. The number of amides is 2. The van der Waals surface area contributed by atoms with Gasteiger partial charge in [-0.1, -0.05) is 12.1 Å². The molecule has 1 saturated heterocycles. The van der Waals surface area contributed by atoms with E-state index in [2.05, 4.69) is 10.3 Å². The first kappa shape index (κ1) is 20.3. The first-order chi connectivity index (χ1) is 13.5. The Morgan fingerprint density at radius 3 is 2.96 bits per heavy atom. The van der Waals surface area contributed by atoms with Crippen molar-refractivity contribution in [2.24, 2.45) is 11.7 Å². The number of benzene rings is 1.